The highest BCUT2D eigenvalue weighted by atomic mass is 16.2. The quantitative estimate of drug-likeness (QED) is 0.403. The van der Waals surface area contributed by atoms with Gasteiger partial charge in [-0.05, 0) is 34.5 Å². The Bertz CT molecular complexity index is 1170. The van der Waals surface area contributed by atoms with Crippen LogP contribution in [0.2, 0.25) is 0 Å². The molecule has 1 heterocycles. The van der Waals surface area contributed by atoms with Crippen molar-refractivity contribution >= 4 is 28.6 Å². The van der Waals surface area contributed by atoms with Crippen molar-refractivity contribution in [2.24, 2.45) is 5.10 Å². The number of rotatable bonds is 5. The van der Waals surface area contributed by atoms with Crippen molar-refractivity contribution in [1.82, 2.24) is 15.6 Å². The van der Waals surface area contributed by atoms with Crippen LogP contribution < -0.4 is 10.3 Å². The molecule has 144 valence electrons. The summed E-state index contributed by atoms with van der Waals surface area (Å²) >= 11 is 0. The monoisotopic (exact) mass is 383 g/mol. The molecule has 0 bridgehead atoms. The Morgan fingerprint density at radius 3 is 2.59 bits per heavy atom. The van der Waals surface area contributed by atoms with Crippen LogP contribution in [0.3, 0.4) is 0 Å². The normalized spacial score (nSPS) is 11.1. The number of fused-ring (bicyclic) bond motifs is 1. The second kappa shape index (κ2) is 7.98. The maximum atomic E-state index is 12.4. The Hall–Kier alpha value is -3.93. The molecule has 1 amide bonds. The highest BCUT2D eigenvalue weighted by Crippen LogP contribution is 2.27. The number of hydrogen-bond acceptors (Lipinski definition) is 4. The zero-order valence-electron chi connectivity index (χ0n) is 16.3. The lowest BCUT2D eigenvalue weighted by molar-refractivity contribution is 0.0950. The fourth-order valence-corrected chi connectivity index (χ4v) is 3.11. The molecule has 4 rings (SSSR count). The van der Waals surface area contributed by atoms with Gasteiger partial charge in [-0.3, -0.25) is 9.89 Å². The molecule has 0 unspecified atom stereocenters. The molecule has 4 aromatic rings. The van der Waals surface area contributed by atoms with Crippen molar-refractivity contribution in [3.63, 3.8) is 0 Å². The number of aromatic nitrogens is 2. The van der Waals surface area contributed by atoms with Crippen LogP contribution in [0.5, 0.6) is 0 Å². The number of amides is 1. The minimum atomic E-state index is -0.342. The average Bonchev–Trinajstić information content (AvgIpc) is 3.24. The molecule has 6 heteroatoms. The summed E-state index contributed by atoms with van der Waals surface area (Å²) in [6.07, 6.45) is 1.61. The first kappa shape index (κ1) is 18.4. The van der Waals surface area contributed by atoms with Gasteiger partial charge in [0.25, 0.3) is 5.91 Å². The molecular weight excluding hydrogens is 362 g/mol. The number of hydrogen-bond donors (Lipinski definition) is 2. The third-order valence-electron chi connectivity index (χ3n) is 4.68. The summed E-state index contributed by atoms with van der Waals surface area (Å²) in [6.45, 7) is 0. The summed E-state index contributed by atoms with van der Waals surface area (Å²) in [5.74, 6) is -0.342. The van der Waals surface area contributed by atoms with Crippen molar-refractivity contribution < 1.29 is 4.79 Å². The van der Waals surface area contributed by atoms with Gasteiger partial charge in [-0.15, -0.1) is 0 Å². The van der Waals surface area contributed by atoms with Crippen molar-refractivity contribution in [2.45, 2.75) is 0 Å². The summed E-state index contributed by atoms with van der Waals surface area (Å²) in [6, 6.07) is 23.7. The van der Waals surface area contributed by atoms with Gasteiger partial charge in [0.15, 0.2) is 0 Å². The number of H-pyrrole nitrogens is 1. The first-order valence-electron chi connectivity index (χ1n) is 9.26. The topological polar surface area (TPSA) is 73.4 Å². The van der Waals surface area contributed by atoms with Crippen LogP contribution in [-0.2, 0) is 0 Å². The number of anilines is 1. The minimum absolute atomic E-state index is 0.342. The standard InChI is InChI=1S/C23H21N5O/c1-28(2)18-12-10-16(11-13-18)15-24-27-23(29)22-14-21(25-26-22)20-9-5-7-17-6-3-4-8-19(17)20/h3-15H,1-2H3,(H,25,26)(H,27,29)/b24-15+. The molecule has 0 saturated heterocycles. The fraction of sp³-hybridized carbons (Fsp3) is 0.0870. The van der Waals surface area contributed by atoms with E-state index in [-0.39, 0.29) is 5.91 Å². The van der Waals surface area contributed by atoms with E-state index in [1.807, 2.05) is 73.6 Å². The van der Waals surface area contributed by atoms with E-state index in [4.69, 9.17) is 0 Å². The summed E-state index contributed by atoms with van der Waals surface area (Å²) in [4.78, 5) is 14.4. The summed E-state index contributed by atoms with van der Waals surface area (Å²) in [5.41, 5.74) is 6.58. The van der Waals surface area contributed by atoms with Crippen molar-refractivity contribution in [2.75, 3.05) is 19.0 Å². The van der Waals surface area contributed by atoms with Gasteiger partial charge in [0, 0.05) is 25.3 Å². The molecule has 0 atom stereocenters. The maximum Gasteiger partial charge on any atom is 0.289 e. The largest absolute Gasteiger partial charge is 0.378 e. The lowest BCUT2D eigenvalue weighted by Crippen LogP contribution is -2.18. The highest BCUT2D eigenvalue weighted by Gasteiger charge is 2.12. The molecule has 0 saturated carbocycles. The summed E-state index contributed by atoms with van der Waals surface area (Å²) in [7, 11) is 3.97. The number of nitrogens with zero attached hydrogens (tertiary/aromatic N) is 3. The van der Waals surface area contributed by atoms with Gasteiger partial charge in [0.2, 0.25) is 0 Å². The number of aromatic amines is 1. The van der Waals surface area contributed by atoms with Gasteiger partial charge in [-0.1, -0.05) is 54.6 Å². The van der Waals surface area contributed by atoms with Crippen LogP contribution in [0.1, 0.15) is 16.1 Å². The van der Waals surface area contributed by atoms with Gasteiger partial charge in [0.1, 0.15) is 5.69 Å². The molecule has 0 aliphatic rings. The van der Waals surface area contributed by atoms with E-state index >= 15 is 0 Å². The van der Waals surface area contributed by atoms with Crippen LogP contribution in [0.25, 0.3) is 22.0 Å². The first-order chi connectivity index (χ1) is 14.1. The highest BCUT2D eigenvalue weighted by molar-refractivity contribution is 5.98. The van der Waals surface area contributed by atoms with E-state index in [0.717, 1.165) is 33.3 Å². The molecule has 0 spiro atoms. The van der Waals surface area contributed by atoms with E-state index < -0.39 is 0 Å². The maximum absolute atomic E-state index is 12.4. The number of hydrazone groups is 1. The van der Waals surface area contributed by atoms with Crippen molar-refractivity contribution in [3.8, 4) is 11.3 Å². The van der Waals surface area contributed by atoms with E-state index in [2.05, 4.69) is 32.9 Å². The first-order valence-corrected chi connectivity index (χ1v) is 9.26. The van der Waals surface area contributed by atoms with Crippen LogP contribution in [0.4, 0.5) is 5.69 Å². The fourth-order valence-electron chi connectivity index (χ4n) is 3.11. The predicted octanol–water partition coefficient (Wildman–Crippen LogP) is 4.06. The Kier molecular flexibility index (Phi) is 5.07. The Labute approximate surface area is 168 Å². The molecule has 6 nitrogen and oxygen atoms in total. The number of benzene rings is 3. The van der Waals surface area contributed by atoms with Crippen LogP contribution in [0.15, 0.2) is 77.9 Å². The molecule has 3 aromatic carbocycles. The third-order valence-corrected chi connectivity index (χ3v) is 4.68. The van der Waals surface area contributed by atoms with E-state index in [9.17, 15) is 4.79 Å². The van der Waals surface area contributed by atoms with Gasteiger partial charge < -0.3 is 4.90 Å². The molecule has 1 aromatic heterocycles. The molecule has 0 fully saturated rings. The molecule has 2 N–H and O–H groups in total. The second-order valence-corrected chi connectivity index (χ2v) is 6.88. The zero-order valence-corrected chi connectivity index (χ0v) is 16.3. The van der Waals surface area contributed by atoms with Crippen LogP contribution in [0, 0.1) is 0 Å². The third kappa shape index (κ3) is 4.01. The minimum Gasteiger partial charge on any atom is -0.378 e. The van der Waals surface area contributed by atoms with E-state index in [1.165, 1.54) is 0 Å². The second-order valence-electron chi connectivity index (χ2n) is 6.88. The molecule has 0 radical (unpaired) electrons. The van der Waals surface area contributed by atoms with Crippen LogP contribution in [-0.4, -0.2) is 36.4 Å². The average molecular weight is 383 g/mol. The van der Waals surface area contributed by atoms with Gasteiger partial charge >= 0.3 is 0 Å². The van der Waals surface area contributed by atoms with Crippen LogP contribution >= 0.6 is 0 Å². The lowest BCUT2D eigenvalue weighted by atomic mass is 10.0. The Balaban J connectivity index is 1.47. The number of carbonyl (C=O) groups is 1. The van der Waals surface area contributed by atoms with Crippen molar-refractivity contribution in [3.05, 3.63) is 84.1 Å². The summed E-state index contributed by atoms with van der Waals surface area (Å²) < 4.78 is 0. The predicted molar refractivity (Wildman–Crippen MR) is 117 cm³/mol. The molecule has 0 aliphatic carbocycles. The molecule has 29 heavy (non-hydrogen) atoms. The number of carbonyl (C=O) groups excluding carboxylic acids is 1. The number of nitrogens with one attached hydrogen (secondary N) is 2. The summed E-state index contributed by atoms with van der Waals surface area (Å²) in [5, 5.41) is 13.4. The van der Waals surface area contributed by atoms with E-state index in [0.29, 0.717) is 5.69 Å². The van der Waals surface area contributed by atoms with Gasteiger partial charge in [-0.25, -0.2) is 5.43 Å². The van der Waals surface area contributed by atoms with Gasteiger partial charge in [0.05, 0.1) is 11.9 Å². The Morgan fingerprint density at radius 1 is 1.03 bits per heavy atom. The van der Waals surface area contributed by atoms with E-state index in [1.54, 1.807) is 12.3 Å². The zero-order chi connectivity index (χ0) is 20.2. The lowest BCUT2D eigenvalue weighted by Gasteiger charge is -2.11. The SMILES string of the molecule is CN(C)c1ccc(/C=N/NC(=O)c2cc(-c3cccc4ccccc34)n[nH]2)cc1. The Morgan fingerprint density at radius 2 is 1.79 bits per heavy atom. The molecule has 0 aliphatic heterocycles. The van der Waals surface area contributed by atoms with Gasteiger partial charge in [-0.2, -0.15) is 10.2 Å². The van der Waals surface area contributed by atoms with Crippen molar-refractivity contribution in [1.29, 1.82) is 0 Å². The smallest absolute Gasteiger partial charge is 0.289 e. The molecular formula is C23H21N5O.